The molecule has 1 unspecified atom stereocenters. The van der Waals surface area contributed by atoms with Gasteiger partial charge in [-0.2, -0.15) is 0 Å². The molecule has 336 valence electrons. The van der Waals surface area contributed by atoms with Crippen LogP contribution in [-0.2, 0) is 32.7 Å². The van der Waals surface area contributed by atoms with Crippen LogP contribution in [0.1, 0.15) is 194 Å². The molecule has 0 fully saturated rings. The SMILES string of the molecule is CCCCC/C=C\C[C@@H](O)[C@H](O)CCCCCCCC(=O)OC[C@H](COP(=O)(O)OC[C@@H](O)CO)OC(=O)CCCCCCCCC/C=C\CCCCCCCC. The first-order valence-corrected chi connectivity index (χ1v) is 24.0. The van der Waals surface area contributed by atoms with Gasteiger partial charge in [0.25, 0.3) is 0 Å². The lowest BCUT2D eigenvalue weighted by atomic mass is 10.0. The van der Waals surface area contributed by atoms with Crippen molar-refractivity contribution in [1.29, 1.82) is 0 Å². The normalized spacial score (nSPS) is 15.1. The molecule has 5 atom stereocenters. The Labute approximate surface area is 345 Å². The molecule has 0 amide bonds. The molecule has 0 aliphatic heterocycles. The van der Waals surface area contributed by atoms with Gasteiger partial charge in [0.1, 0.15) is 12.7 Å². The molecule has 0 saturated carbocycles. The number of esters is 2. The second kappa shape index (κ2) is 39.8. The minimum atomic E-state index is -4.65. The predicted molar refractivity (Wildman–Crippen MR) is 227 cm³/mol. The molecule has 0 heterocycles. The van der Waals surface area contributed by atoms with E-state index in [0.717, 1.165) is 70.6 Å². The van der Waals surface area contributed by atoms with Crippen molar-refractivity contribution in [1.82, 2.24) is 0 Å². The lowest BCUT2D eigenvalue weighted by Gasteiger charge is -2.20. The van der Waals surface area contributed by atoms with Gasteiger partial charge >= 0.3 is 19.8 Å². The average Bonchev–Trinajstić information content (AvgIpc) is 3.19. The molecule has 0 aliphatic carbocycles. The van der Waals surface area contributed by atoms with E-state index in [1.165, 1.54) is 70.6 Å². The summed E-state index contributed by atoms with van der Waals surface area (Å²) in [7, 11) is -4.65. The van der Waals surface area contributed by atoms with Gasteiger partial charge in [-0.05, 0) is 64.2 Å². The minimum absolute atomic E-state index is 0.143. The molecule has 13 heteroatoms. The van der Waals surface area contributed by atoms with E-state index in [9.17, 15) is 34.4 Å². The number of hydrogen-bond acceptors (Lipinski definition) is 11. The first-order chi connectivity index (χ1) is 27.5. The maximum absolute atomic E-state index is 12.6. The first kappa shape index (κ1) is 55.4. The van der Waals surface area contributed by atoms with Gasteiger partial charge in [-0.15, -0.1) is 0 Å². The number of carbonyl (C=O) groups is 2. The highest BCUT2D eigenvalue weighted by Crippen LogP contribution is 2.43. The van der Waals surface area contributed by atoms with E-state index in [4.69, 9.17) is 19.1 Å². The van der Waals surface area contributed by atoms with E-state index in [0.29, 0.717) is 25.7 Å². The maximum atomic E-state index is 12.6. The number of hydrogen-bond donors (Lipinski definition) is 5. The Balaban J connectivity index is 4.39. The quantitative estimate of drug-likeness (QED) is 0.0170. The summed E-state index contributed by atoms with van der Waals surface area (Å²) in [6.07, 6.45) is 31.6. The number of allylic oxidation sites excluding steroid dienone is 3. The van der Waals surface area contributed by atoms with E-state index >= 15 is 0 Å². The molecule has 0 aromatic rings. The van der Waals surface area contributed by atoms with Crippen molar-refractivity contribution in [2.45, 2.75) is 218 Å². The third-order valence-electron chi connectivity index (χ3n) is 9.78. The zero-order valence-electron chi connectivity index (χ0n) is 35.8. The van der Waals surface area contributed by atoms with Gasteiger partial charge in [0.05, 0.1) is 32.0 Å². The second-order valence-electron chi connectivity index (χ2n) is 15.4. The van der Waals surface area contributed by atoms with Crippen LogP contribution in [0.5, 0.6) is 0 Å². The summed E-state index contributed by atoms with van der Waals surface area (Å²) < 4.78 is 32.6. The van der Waals surface area contributed by atoms with Crippen LogP contribution in [0.3, 0.4) is 0 Å². The first-order valence-electron chi connectivity index (χ1n) is 22.5. The van der Waals surface area contributed by atoms with E-state index in [2.05, 4.69) is 36.6 Å². The molecule has 0 rings (SSSR count). The van der Waals surface area contributed by atoms with Crippen LogP contribution in [-0.4, -0.2) is 88.1 Å². The summed E-state index contributed by atoms with van der Waals surface area (Å²) in [4.78, 5) is 35.0. The van der Waals surface area contributed by atoms with Gasteiger partial charge in [-0.1, -0.05) is 141 Å². The fourth-order valence-electron chi connectivity index (χ4n) is 6.13. The van der Waals surface area contributed by atoms with Gasteiger partial charge < -0.3 is 34.8 Å². The fourth-order valence-corrected chi connectivity index (χ4v) is 6.92. The summed E-state index contributed by atoms with van der Waals surface area (Å²) in [5.74, 6) is -1.04. The zero-order chi connectivity index (χ0) is 42.2. The molecule has 0 aromatic carbocycles. The molecule has 12 nitrogen and oxygen atoms in total. The standard InChI is InChI=1S/C44H83O12P/c1-3-5-7-9-11-12-13-14-15-16-17-18-19-20-21-25-30-34-44(50)56-40(38-55-57(51,52)54-36-39(46)35-45)37-53-43(49)33-29-26-22-24-28-32-42(48)41(47)31-27-23-10-8-6-4-2/h14-15,23,27,39-42,45-48H,3-13,16-22,24-26,28-38H2,1-2H3,(H,51,52)/b15-14-,27-23-/t39-,40+,41+,42+/m0/s1. The van der Waals surface area contributed by atoms with Gasteiger partial charge in [0.15, 0.2) is 6.10 Å². The van der Waals surface area contributed by atoms with Crippen molar-refractivity contribution in [3.8, 4) is 0 Å². The number of aliphatic hydroxyl groups is 4. The molecular formula is C44H83O12P. The lowest BCUT2D eigenvalue weighted by molar-refractivity contribution is -0.161. The topological polar surface area (TPSA) is 189 Å². The third kappa shape index (κ3) is 38.3. The minimum Gasteiger partial charge on any atom is -0.462 e. The van der Waals surface area contributed by atoms with E-state index < -0.39 is 64.0 Å². The van der Waals surface area contributed by atoms with E-state index in [1.807, 2.05) is 6.08 Å². The van der Waals surface area contributed by atoms with Crippen molar-refractivity contribution < 1.29 is 58.0 Å². The van der Waals surface area contributed by atoms with Crippen LogP contribution in [0.2, 0.25) is 0 Å². The molecule has 0 radical (unpaired) electrons. The average molecular weight is 835 g/mol. The molecule has 5 N–H and O–H groups in total. The zero-order valence-corrected chi connectivity index (χ0v) is 36.7. The predicted octanol–water partition coefficient (Wildman–Crippen LogP) is 9.73. The van der Waals surface area contributed by atoms with Crippen LogP contribution < -0.4 is 0 Å². The molecular weight excluding hydrogens is 751 g/mol. The van der Waals surface area contributed by atoms with Gasteiger partial charge in [0.2, 0.25) is 0 Å². The third-order valence-corrected chi connectivity index (χ3v) is 10.7. The molecule has 0 spiro atoms. The van der Waals surface area contributed by atoms with E-state index in [1.54, 1.807) is 0 Å². The monoisotopic (exact) mass is 835 g/mol. The maximum Gasteiger partial charge on any atom is 0.472 e. The van der Waals surface area contributed by atoms with Crippen LogP contribution in [0, 0.1) is 0 Å². The van der Waals surface area contributed by atoms with E-state index in [-0.39, 0.29) is 19.4 Å². The number of phosphoric acid groups is 1. The number of unbranched alkanes of at least 4 members (excludes halogenated alkanes) is 20. The van der Waals surface area contributed by atoms with Crippen LogP contribution in [0.25, 0.3) is 0 Å². The number of aliphatic hydroxyl groups excluding tert-OH is 4. The fraction of sp³-hybridized carbons (Fsp3) is 0.864. The van der Waals surface area contributed by atoms with Crippen LogP contribution in [0.15, 0.2) is 24.3 Å². The summed E-state index contributed by atoms with van der Waals surface area (Å²) in [6.45, 7) is 2.15. The molecule has 57 heavy (non-hydrogen) atoms. The van der Waals surface area contributed by atoms with Crippen LogP contribution in [0.4, 0.5) is 0 Å². The van der Waals surface area contributed by atoms with Crippen molar-refractivity contribution in [2.75, 3.05) is 26.4 Å². The Kier molecular flexibility index (Phi) is 38.7. The Morgan fingerprint density at radius 1 is 0.561 bits per heavy atom. The summed E-state index contributed by atoms with van der Waals surface area (Å²) >= 11 is 0. The lowest BCUT2D eigenvalue weighted by Crippen LogP contribution is -2.29. The Morgan fingerprint density at radius 2 is 1.02 bits per heavy atom. The highest BCUT2D eigenvalue weighted by atomic mass is 31.2. The van der Waals surface area contributed by atoms with Gasteiger partial charge in [-0.25, -0.2) is 4.57 Å². The Morgan fingerprint density at radius 3 is 1.60 bits per heavy atom. The molecule has 0 saturated heterocycles. The number of rotatable bonds is 42. The second-order valence-corrected chi connectivity index (χ2v) is 16.8. The van der Waals surface area contributed by atoms with Crippen LogP contribution >= 0.6 is 7.82 Å². The number of carbonyl (C=O) groups excluding carboxylic acids is 2. The Bertz CT molecular complexity index is 1040. The van der Waals surface area contributed by atoms with Crippen molar-refractivity contribution in [2.24, 2.45) is 0 Å². The molecule has 0 aromatic heterocycles. The number of phosphoric ester groups is 1. The highest BCUT2D eigenvalue weighted by molar-refractivity contribution is 7.47. The summed E-state index contributed by atoms with van der Waals surface area (Å²) in [5.41, 5.74) is 0. The smallest absolute Gasteiger partial charge is 0.462 e. The largest absolute Gasteiger partial charge is 0.472 e. The number of ether oxygens (including phenoxy) is 2. The highest BCUT2D eigenvalue weighted by Gasteiger charge is 2.27. The molecule has 0 aliphatic rings. The van der Waals surface area contributed by atoms with Crippen molar-refractivity contribution in [3.05, 3.63) is 24.3 Å². The summed E-state index contributed by atoms with van der Waals surface area (Å²) in [6, 6.07) is 0. The Hall–Kier alpha value is -1.63. The molecule has 0 bridgehead atoms. The summed E-state index contributed by atoms with van der Waals surface area (Å²) in [5, 5.41) is 38.7. The van der Waals surface area contributed by atoms with Crippen molar-refractivity contribution >= 4 is 19.8 Å². The van der Waals surface area contributed by atoms with Gasteiger partial charge in [0, 0.05) is 12.8 Å². The van der Waals surface area contributed by atoms with Gasteiger partial charge in [-0.3, -0.25) is 18.6 Å². The van der Waals surface area contributed by atoms with Crippen molar-refractivity contribution in [3.63, 3.8) is 0 Å².